The van der Waals surface area contributed by atoms with Gasteiger partial charge in [0.05, 0.1) is 6.04 Å². The molecule has 1 aromatic rings. The van der Waals surface area contributed by atoms with E-state index in [1.165, 1.54) is 0 Å². The Morgan fingerprint density at radius 1 is 1.23 bits per heavy atom. The van der Waals surface area contributed by atoms with Gasteiger partial charge in [-0.1, -0.05) is 6.07 Å². The van der Waals surface area contributed by atoms with Crippen molar-refractivity contribution in [2.75, 3.05) is 32.8 Å². The molecule has 2 aliphatic heterocycles. The lowest BCUT2D eigenvalue weighted by Gasteiger charge is -2.42. The van der Waals surface area contributed by atoms with Gasteiger partial charge in [0.15, 0.2) is 6.10 Å². The van der Waals surface area contributed by atoms with Crippen LogP contribution in [0.4, 0.5) is 0 Å². The van der Waals surface area contributed by atoms with Crippen molar-refractivity contribution in [1.82, 2.24) is 20.1 Å². The maximum Gasteiger partial charge on any atom is 0.254 e. The van der Waals surface area contributed by atoms with Crippen LogP contribution in [0.1, 0.15) is 24.4 Å². The van der Waals surface area contributed by atoms with Gasteiger partial charge in [-0.25, -0.2) is 0 Å². The largest absolute Gasteiger partial charge is 0.356 e. The summed E-state index contributed by atoms with van der Waals surface area (Å²) in [5, 5.41) is 3.25. The molecule has 2 saturated heterocycles. The first-order chi connectivity index (χ1) is 11.8. The standard InChI is InChI=1S/C17H22N4O3.2ClH/c22-14-11-24-16(17(23)20-8-6-18-7-9-20)15(21(14)13-3-4-13)12-2-1-5-19-10-12;;/h1-2,5,10,13,15-16,18H,3-4,6-9,11H2;2*1H/t15-,16+;;/m1../s1. The summed E-state index contributed by atoms with van der Waals surface area (Å²) in [6.07, 6.45) is 4.78. The first kappa shape index (κ1) is 20.9. The van der Waals surface area contributed by atoms with Gasteiger partial charge in [-0.2, -0.15) is 0 Å². The van der Waals surface area contributed by atoms with Crippen LogP contribution in [-0.2, 0) is 14.3 Å². The Morgan fingerprint density at radius 3 is 2.58 bits per heavy atom. The molecule has 3 fully saturated rings. The number of carbonyl (C=O) groups is 2. The van der Waals surface area contributed by atoms with E-state index in [2.05, 4.69) is 10.3 Å². The maximum absolute atomic E-state index is 13.0. The van der Waals surface area contributed by atoms with E-state index in [0.29, 0.717) is 13.1 Å². The summed E-state index contributed by atoms with van der Waals surface area (Å²) in [6.45, 7) is 2.92. The predicted molar refractivity (Wildman–Crippen MR) is 101 cm³/mol. The summed E-state index contributed by atoms with van der Waals surface area (Å²) in [5.41, 5.74) is 0.867. The van der Waals surface area contributed by atoms with Gasteiger partial charge in [-0.15, -0.1) is 24.8 Å². The molecule has 0 radical (unpaired) electrons. The lowest BCUT2D eigenvalue weighted by molar-refractivity contribution is -0.170. The normalized spacial score (nSPS) is 25.9. The number of halogens is 2. The molecule has 1 saturated carbocycles. The van der Waals surface area contributed by atoms with Crippen molar-refractivity contribution in [3.8, 4) is 0 Å². The first-order valence-corrected chi connectivity index (χ1v) is 8.58. The van der Waals surface area contributed by atoms with Gasteiger partial charge < -0.3 is 19.9 Å². The van der Waals surface area contributed by atoms with E-state index in [9.17, 15) is 9.59 Å². The Morgan fingerprint density at radius 2 is 1.96 bits per heavy atom. The van der Waals surface area contributed by atoms with Crippen LogP contribution < -0.4 is 5.32 Å². The molecule has 1 aromatic heterocycles. The molecule has 2 atom stereocenters. The Bertz CT molecular complexity index is 624. The molecule has 7 nitrogen and oxygen atoms in total. The molecule has 0 aromatic carbocycles. The minimum atomic E-state index is -0.648. The SMILES string of the molecule is Cl.Cl.O=C([C@H]1OCC(=O)N(C2CC2)[C@@H]1c1cccnc1)N1CCNCC1. The highest BCUT2D eigenvalue weighted by Gasteiger charge is 2.48. The van der Waals surface area contributed by atoms with E-state index >= 15 is 0 Å². The van der Waals surface area contributed by atoms with E-state index in [-0.39, 0.29) is 55.3 Å². The van der Waals surface area contributed by atoms with E-state index in [4.69, 9.17) is 4.74 Å². The van der Waals surface area contributed by atoms with Crippen LogP contribution in [-0.4, -0.2) is 71.5 Å². The number of rotatable bonds is 3. The zero-order valence-electron chi connectivity index (χ0n) is 14.4. The van der Waals surface area contributed by atoms with Gasteiger partial charge in [-0.3, -0.25) is 14.6 Å². The van der Waals surface area contributed by atoms with E-state index in [1.54, 1.807) is 12.4 Å². The summed E-state index contributed by atoms with van der Waals surface area (Å²) in [5.74, 6) is -0.0563. The highest BCUT2D eigenvalue weighted by atomic mass is 35.5. The summed E-state index contributed by atoms with van der Waals surface area (Å²) in [7, 11) is 0. The van der Waals surface area contributed by atoms with Crippen LogP contribution in [0.25, 0.3) is 0 Å². The lowest BCUT2D eigenvalue weighted by Crippen LogP contribution is -2.58. The minimum absolute atomic E-state index is 0. The van der Waals surface area contributed by atoms with Gasteiger partial charge in [0.25, 0.3) is 5.91 Å². The van der Waals surface area contributed by atoms with Gasteiger partial charge >= 0.3 is 0 Å². The average Bonchev–Trinajstić information content (AvgIpc) is 3.47. The number of pyridine rings is 1. The Labute approximate surface area is 165 Å². The highest BCUT2D eigenvalue weighted by Crippen LogP contribution is 2.39. The second kappa shape index (κ2) is 8.99. The monoisotopic (exact) mass is 402 g/mol. The number of amides is 2. The number of aromatic nitrogens is 1. The number of morpholine rings is 1. The maximum atomic E-state index is 13.0. The second-order valence-electron chi connectivity index (χ2n) is 6.57. The fraction of sp³-hybridized carbons (Fsp3) is 0.588. The van der Waals surface area contributed by atoms with Gasteiger partial charge in [0, 0.05) is 44.6 Å². The van der Waals surface area contributed by atoms with Crippen molar-refractivity contribution < 1.29 is 14.3 Å². The smallest absolute Gasteiger partial charge is 0.254 e. The van der Waals surface area contributed by atoms with E-state index in [0.717, 1.165) is 31.5 Å². The molecule has 26 heavy (non-hydrogen) atoms. The third kappa shape index (κ3) is 4.11. The lowest BCUT2D eigenvalue weighted by atomic mass is 9.97. The molecule has 4 rings (SSSR count). The summed E-state index contributed by atoms with van der Waals surface area (Å²) in [4.78, 5) is 33.4. The molecule has 2 amide bonds. The Balaban J connectivity index is 0.00000121. The van der Waals surface area contributed by atoms with Crippen LogP contribution in [0, 0.1) is 0 Å². The number of nitrogens with zero attached hydrogens (tertiary/aromatic N) is 3. The highest BCUT2D eigenvalue weighted by molar-refractivity contribution is 5.87. The Kier molecular flexibility index (Phi) is 7.23. The van der Waals surface area contributed by atoms with E-state index in [1.807, 2.05) is 21.9 Å². The zero-order valence-corrected chi connectivity index (χ0v) is 16.0. The second-order valence-corrected chi connectivity index (χ2v) is 6.57. The fourth-order valence-corrected chi connectivity index (χ4v) is 3.57. The van der Waals surface area contributed by atoms with Crippen LogP contribution in [0.2, 0.25) is 0 Å². The summed E-state index contributed by atoms with van der Waals surface area (Å²) >= 11 is 0. The molecule has 0 bridgehead atoms. The van der Waals surface area contributed by atoms with Crippen molar-refractivity contribution in [1.29, 1.82) is 0 Å². The molecular weight excluding hydrogens is 379 g/mol. The van der Waals surface area contributed by atoms with Crippen LogP contribution in [0.5, 0.6) is 0 Å². The predicted octanol–water partition coefficient (Wildman–Crippen LogP) is 0.788. The number of hydrogen-bond donors (Lipinski definition) is 1. The average molecular weight is 403 g/mol. The van der Waals surface area contributed by atoms with Crippen molar-refractivity contribution in [3.05, 3.63) is 30.1 Å². The third-order valence-corrected chi connectivity index (χ3v) is 4.90. The summed E-state index contributed by atoms with van der Waals surface area (Å²) in [6, 6.07) is 3.61. The molecule has 3 heterocycles. The van der Waals surface area contributed by atoms with Crippen molar-refractivity contribution in [3.63, 3.8) is 0 Å². The van der Waals surface area contributed by atoms with Crippen LogP contribution in [0.3, 0.4) is 0 Å². The molecule has 144 valence electrons. The zero-order chi connectivity index (χ0) is 16.5. The number of nitrogens with one attached hydrogen (secondary N) is 1. The fourth-order valence-electron chi connectivity index (χ4n) is 3.57. The quantitative estimate of drug-likeness (QED) is 0.808. The van der Waals surface area contributed by atoms with Gasteiger partial charge in [-0.05, 0) is 24.5 Å². The first-order valence-electron chi connectivity index (χ1n) is 8.58. The number of hydrogen-bond acceptors (Lipinski definition) is 5. The minimum Gasteiger partial charge on any atom is -0.356 e. The molecule has 0 unspecified atom stereocenters. The third-order valence-electron chi connectivity index (χ3n) is 4.90. The van der Waals surface area contributed by atoms with Crippen LogP contribution >= 0.6 is 24.8 Å². The van der Waals surface area contributed by atoms with Gasteiger partial charge in [0.1, 0.15) is 6.61 Å². The Hall–Kier alpha value is -1.41. The number of ether oxygens (including phenoxy) is 1. The summed E-state index contributed by atoms with van der Waals surface area (Å²) < 4.78 is 5.75. The number of piperazine rings is 1. The molecule has 9 heteroatoms. The van der Waals surface area contributed by atoms with Crippen molar-refractivity contribution in [2.45, 2.75) is 31.0 Å². The van der Waals surface area contributed by atoms with Crippen molar-refractivity contribution >= 4 is 36.6 Å². The molecule has 1 aliphatic carbocycles. The molecule has 0 spiro atoms. The molecule has 3 aliphatic rings. The molecular formula is C17H24Cl2N4O3. The van der Waals surface area contributed by atoms with Gasteiger partial charge in [0.2, 0.25) is 5.91 Å². The van der Waals surface area contributed by atoms with E-state index < -0.39 is 6.10 Å². The van der Waals surface area contributed by atoms with Crippen molar-refractivity contribution in [2.24, 2.45) is 0 Å². The number of carbonyl (C=O) groups excluding carboxylic acids is 2. The topological polar surface area (TPSA) is 74.8 Å². The molecule has 1 N–H and O–H groups in total. The van der Waals surface area contributed by atoms with Crippen LogP contribution in [0.15, 0.2) is 24.5 Å².